The first kappa shape index (κ1) is 33.1. The molecule has 1 aromatic heterocycles. The molecular formula is C37H42FN5O5. The molecule has 0 spiro atoms. The van der Waals surface area contributed by atoms with Gasteiger partial charge in [-0.05, 0) is 101 Å². The van der Waals surface area contributed by atoms with E-state index in [9.17, 15) is 18.8 Å². The summed E-state index contributed by atoms with van der Waals surface area (Å²) in [5.74, 6) is -1.93. The highest BCUT2D eigenvalue weighted by Crippen LogP contribution is 2.32. The van der Waals surface area contributed by atoms with E-state index in [-0.39, 0.29) is 24.0 Å². The number of carbonyl (C=O) groups excluding carboxylic acids is 3. The van der Waals surface area contributed by atoms with Crippen LogP contribution in [0.5, 0.6) is 0 Å². The monoisotopic (exact) mass is 655 g/mol. The summed E-state index contributed by atoms with van der Waals surface area (Å²) in [4.78, 5) is 42.3. The van der Waals surface area contributed by atoms with E-state index in [1.807, 2.05) is 35.0 Å². The standard InChI is InChI=1S/C37H42FN5O5/c1-37(2,3)48-33(44)22-25-20-26(38)14-15-29(25)39-35(45)24-13-16-32(42-17-7-4-8-18-42)30(21-24)40-36(46)34-28-11-5-6-12-31(28)43(41-34)23-27-10-9-19-47-27/h5-6,11-16,20-21,27H,4,7-10,17-19,22-23H2,1-3H3,(H,39,45)(H,40,46)/t27-/m0/s1. The number of aromatic nitrogens is 2. The molecule has 0 saturated carbocycles. The number of nitrogens with one attached hydrogen (secondary N) is 2. The van der Waals surface area contributed by atoms with Gasteiger partial charge in [0.1, 0.15) is 11.4 Å². The Balaban J connectivity index is 1.28. The Morgan fingerprint density at radius 1 is 0.938 bits per heavy atom. The molecule has 0 unspecified atom stereocenters. The maximum atomic E-state index is 14.2. The van der Waals surface area contributed by atoms with Crippen LogP contribution in [-0.2, 0) is 27.2 Å². The largest absolute Gasteiger partial charge is 0.460 e. The van der Waals surface area contributed by atoms with Gasteiger partial charge in [-0.15, -0.1) is 0 Å². The molecule has 0 radical (unpaired) electrons. The third-order valence-electron chi connectivity index (χ3n) is 8.55. The summed E-state index contributed by atoms with van der Waals surface area (Å²) in [7, 11) is 0. The van der Waals surface area contributed by atoms with Crippen LogP contribution in [0.25, 0.3) is 10.9 Å². The van der Waals surface area contributed by atoms with E-state index in [1.54, 1.807) is 32.9 Å². The molecule has 2 aliphatic rings. The lowest BCUT2D eigenvalue weighted by atomic mass is 10.1. The molecular weight excluding hydrogens is 613 g/mol. The molecule has 2 amide bonds. The van der Waals surface area contributed by atoms with Crippen molar-refractivity contribution in [3.05, 3.63) is 83.3 Å². The number of ether oxygens (including phenoxy) is 2. The number of anilines is 3. The number of fused-ring (bicyclic) bond motifs is 1. The van der Waals surface area contributed by atoms with Gasteiger partial charge in [-0.25, -0.2) is 4.39 Å². The number of halogens is 1. The van der Waals surface area contributed by atoms with Crippen molar-refractivity contribution in [2.45, 2.75) is 77.5 Å². The fraction of sp³-hybridized carbons (Fsp3) is 0.405. The van der Waals surface area contributed by atoms with E-state index < -0.39 is 23.3 Å². The van der Waals surface area contributed by atoms with Crippen LogP contribution in [0.2, 0.25) is 0 Å². The van der Waals surface area contributed by atoms with Gasteiger partial charge in [0.25, 0.3) is 11.8 Å². The molecule has 11 heteroatoms. The summed E-state index contributed by atoms with van der Waals surface area (Å²) in [5.41, 5.74) is 2.61. The predicted octanol–water partition coefficient (Wildman–Crippen LogP) is 6.73. The Kier molecular flexibility index (Phi) is 9.77. The Hall–Kier alpha value is -4.77. The van der Waals surface area contributed by atoms with Crippen LogP contribution < -0.4 is 15.5 Å². The fourth-order valence-corrected chi connectivity index (χ4v) is 6.34. The third-order valence-corrected chi connectivity index (χ3v) is 8.55. The van der Waals surface area contributed by atoms with E-state index >= 15 is 0 Å². The Labute approximate surface area is 279 Å². The van der Waals surface area contributed by atoms with Gasteiger partial charge in [-0.3, -0.25) is 19.1 Å². The number of piperidine rings is 1. The van der Waals surface area contributed by atoms with Crippen molar-refractivity contribution in [2.75, 3.05) is 35.2 Å². The quantitative estimate of drug-likeness (QED) is 0.192. The van der Waals surface area contributed by atoms with Crippen molar-refractivity contribution in [2.24, 2.45) is 0 Å². The van der Waals surface area contributed by atoms with Gasteiger partial charge in [0.2, 0.25) is 0 Å². The Bertz CT molecular complexity index is 1820. The molecule has 1 atom stereocenters. The second kappa shape index (κ2) is 14.1. The molecule has 3 aromatic carbocycles. The summed E-state index contributed by atoms with van der Waals surface area (Å²) in [6.45, 7) is 8.20. The van der Waals surface area contributed by atoms with E-state index in [0.29, 0.717) is 29.2 Å². The van der Waals surface area contributed by atoms with Crippen LogP contribution in [0.4, 0.5) is 21.5 Å². The van der Waals surface area contributed by atoms with Crippen LogP contribution in [0.3, 0.4) is 0 Å². The summed E-state index contributed by atoms with van der Waals surface area (Å²) in [5, 5.41) is 11.4. The number of para-hydroxylation sites is 1. The first-order valence-electron chi connectivity index (χ1n) is 16.6. The number of hydrogen-bond donors (Lipinski definition) is 2. The lowest BCUT2D eigenvalue weighted by Crippen LogP contribution is -2.30. The smallest absolute Gasteiger partial charge is 0.310 e. The highest BCUT2D eigenvalue weighted by atomic mass is 19.1. The Morgan fingerprint density at radius 3 is 2.46 bits per heavy atom. The molecule has 10 nitrogen and oxygen atoms in total. The second-order valence-electron chi connectivity index (χ2n) is 13.4. The van der Waals surface area contributed by atoms with Gasteiger partial charge in [0, 0.05) is 36.3 Å². The van der Waals surface area contributed by atoms with Gasteiger partial charge in [-0.2, -0.15) is 5.10 Å². The molecule has 0 bridgehead atoms. The minimum absolute atomic E-state index is 0.0517. The van der Waals surface area contributed by atoms with Crippen molar-refractivity contribution in [3.63, 3.8) is 0 Å². The minimum Gasteiger partial charge on any atom is -0.460 e. The SMILES string of the molecule is CC(C)(C)OC(=O)Cc1cc(F)ccc1NC(=O)c1ccc(N2CCCCC2)c(NC(=O)c2nn(C[C@@H]3CCCO3)c3ccccc23)c1. The molecule has 48 heavy (non-hydrogen) atoms. The normalized spacial score (nSPS) is 16.6. The molecule has 252 valence electrons. The molecule has 2 N–H and O–H groups in total. The lowest BCUT2D eigenvalue weighted by Gasteiger charge is -2.30. The third kappa shape index (κ3) is 7.84. The number of esters is 1. The van der Waals surface area contributed by atoms with Crippen molar-refractivity contribution in [1.82, 2.24) is 9.78 Å². The maximum absolute atomic E-state index is 14.2. The number of rotatable bonds is 9. The number of carbonyl (C=O) groups is 3. The Morgan fingerprint density at radius 2 is 1.71 bits per heavy atom. The zero-order valence-corrected chi connectivity index (χ0v) is 27.7. The molecule has 4 aromatic rings. The van der Waals surface area contributed by atoms with E-state index in [4.69, 9.17) is 14.6 Å². The second-order valence-corrected chi connectivity index (χ2v) is 13.4. The van der Waals surface area contributed by atoms with Crippen LogP contribution in [0.15, 0.2) is 60.7 Å². The number of amides is 2. The van der Waals surface area contributed by atoms with Crippen LogP contribution >= 0.6 is 0 Å². The van der Waals surface area contributed by atoms with Gasteiger partial charge < -0.3 is 25.0 Å². The van der Waals surface area contributed by atoms with Crippen molar-refractivity contribution in [3.8, 4) is 0 Å². The first-order chi connectivity index (χ1) is 23.0. The van der Waals surface area contributed by atoms with Crippen molar-refractivity contribution in [1.29, 1.82) is 0 Å². The number of hydrogen-bond acceptors (Lipinski definition) is 7. The van der Waals surface area contributed by atoms with E-state index in [0.717, 1.165) is 68.4 Å². The van der Waals surface area contributed by atoms with Gasteiger partial charge >= 0.3 is 5.97 Å². The van der Waals surface area contributed by atoms with Gasteiger partial charge in [-0.1, -0.05) is 18.2 Å². The topological polar surface area (TPSA) is 115 Å². The molecule has 2 fully saturated rings. The minimum atomic E-state index is -0.709. The van der Waals surface area contributed by atoms with E-state index in [1.165, 1.54) is 18.2 Å². The highest BCUT2D eigenvalue weighted by molar-refractivity contribution is 6.13. The highest BCUT2D eigenvalue weighted by Gasteiger charge is 2.25. The van der Waals surface area contributed by atoms with Gasteiger partial charge in [0.15, 0.2) is 5.69 Å². The van der Waals surface area contributed by atoms with Crippen LogP contribution in [0, 0.1) is 5.82 Å². The number of nitrogens with zero attached hydrogens (tertiary/aromatic N) is 3. The molecule has 0 aliphatic carbocycles. The summed E-state index contributed by atoms with van der Waals surface area (Å²) in [6, 6.07) is 16.7. The average molecular weight is 656 g/mol. The lowest BCUT2D eigenvalue weighted by molar-refractivity contribution is -0.153. The fourth-order valence-electron chi connectivity index (χ4n) is 6.34. The molecule has 2 saturated heterocycles. The summed E-state index contributed by atoms with van der Waals surface area (Å²) >= 11 is 0. The summed E-state index contributed by atoms with van der Waals surface area (Å²) < 4.78 is 27.3. The summed E-state index contributed by atoms with van der Waals surface area (Å²) in [6.07, 6.45) is 4.98. The van der Waals surface area contributed by atoms with Crippen LogP contribution in [0.1, 0.15) is 79.3 Å². The van der Waals surface area contributed by atoms with Crippen LogP contribution in [-0.4, -0.2) is 59.0 Å². The molecule has 6 rings (SSSR count). The average Bonchev–Trinajstić information content (AvgIpc) is 3.70. The molecule has 2 aliphatic heterocycles. The maximum Gasteiger partial charge on any atom is 0.310 e. The number of benzene rings is 3. The van der Waals surface area contributed by atoms with E-state index in [2.05, 4.69) is 15.5 Å². The zero-order valence-electron chi connectivity index (χ0n) is 27.7. The predicted molar refractivity (Wildman–Crippen MR) is 183 cm³/mol. The molecule has 3 heterocycles. The van der Waals surface area contributed by atoms with Gasteiger partial charge in [0.05, 0.1) is 36.0 Å². The van der Waals surface area contributed by atoms with Crippen molar-refractivity contribution >= 4 is 45.7 Å². The first-order valence-corrected chi connectivity index (χ1v) is 16.6. The van der Waals surface area contributed by atoms with Crippen molar-refractivity contribution < 1.29 is 28.2 Å². The zero-order chi connectivity index (χ0) is 33.8.